The van der Waals surface area contributed by atoms with Crippen molar-refractivity contribution in [3.05, 3.63) is 35.5 Å². The van der Waals surface area contributed by atoms with Crippen LogP contribution in [0, 0.1) is 0 Å². The maximum Gasteiger partial charge on any atom is 0.0667 e. The van der Waals surface area contributed by atoms with Crippen LogP contribution in [0.25, 0.3) is 10.9 Å². The van der Waals surface area contributed by atoms with Gasteiger partial charge >= 0.3 is 0 Å². The van der Waals surface area contributed by atoms with Crippen LogP contribution in [0.3, 0.4) is 0 Å². The summed E-state index contributed by atoms with van der Waals surface area (Å²) in [7, 11) is 1.77. The predicted octanol–water partition coefficient (Wildman–Crippen LogP) is 3.17. The first-order chi connectivity index (χ1) is 9.29. The van der Waals surface area contributed by atoms with Gasteiger partial charge in [0.2, 0.25) is 0 Å². The van der Waals surface area contributed by atoms with Crippen LogP contribution in [0.1, 0.15) is 37.1 Å². The van der Waals surface area contributed by atoms with Gasteiger partial charge in [0.1, 0.15) is 0 Å². The van der Waals surface area contributed by atoms with Crippen LogP contribution < -0.4 is 5.32 Å². The summed E-state index contributed by atoms with van der Waals surface area (Å²) < 4.78 is 5.32. The van der Waals surface area contributed by atoms with E-state index in [4.69, 9.17) is 4.74 Å². The topological polar surface area (TPSA) is 37.0 Å². The second kappa shape index (κ2) is 5.35. The lowest BCUT2D eigenvalue weighted by Gasteiger charge is -2.25. The fourth-order valence-corrected chi connectivity index (χ4v) is 3.01. The predicted molar refractivity (Wildman–Crippen MR) is 78.5 cm³/mol. The number of para-hydroxylation sites is 1. The minimum Gasteiger partial charge on any atom is -0.380 e. The summed E-state index contributed by atoms with van der Waals surface area (Å²) in [6.45, 7) is 3.00. The van der Waals surface area contributed by atoms with Crippen molar-refractivity contribution in [2.24, 2.45) is 0 Å². The average molecular weight is 258 g/mol. The molecule has 1 aliphatic carbocycles. The van der Waals surface area contributed by atoms with Crippen LogP contribution in [0.4, 0.5) is 0 Å². The van der Waals surface area contributed by atoms with Gasteiger partial charge < -0.3 is 15.0 Å². The maximum atomic E-state index is 5.32. The normalized spacial score (nSPS) is 20.4. The molecular formula is C16H22N2O. The van der Waals surface area contributed by atoms with Gasteiger partial charge in [0.05, 0.1) is 6.10 Å². The van der Waals surface area contributed by atoms with Crippen LogP contribution >= 0.6 is 0 Å². The molecule has 0 bridgehead atoms. The summed E-state index contributed by atoms with van der Waals surface area (Å²) in [5, 5.41) is 5.03. The van der Waals surface area contributed by atoms with Crippen LogP contribution in [-0.2, 0) is 11.2 Å². The van der Waals surface area contributed by atoms with Gasteiger partial charge in [-0.2, -0.15) is 0 Å². The van der Waals surface area contributed by atoms with Crippen LogP contribution in [-0.4, -0.2) is 24.7 Å². The number of rotatable bonds is 4. The van der Waals surface area contributed by atoms with Gasteiger partial charge in [0.25, 0.3) is 0 Å². The summed E-state index contributed by atoms with van der Waals surface area (Å²) >= 11 is 0. The highest BCUT2D eigenvalue weighted by Gasteiger charge is 2.23. The Labute approximate surface area is 114 Å². The van der Waals surface area contributed by atoms with Gasteiger partial charge in [-0.3, -0.25) is 0 Å². The molecule has 3 nitrogen and oxygen atoms in total. The molecule has 1 aromatic carbocycles. The summed E-state index contributed by atoms with van der Waals surface area (Å²) in [5.74, 6) is 0. The second-order valence-corrected chi connectivity index (χ2v) is 5.46. The minimum absolute atomic E-state index is 0.259. The molecule has 0 saturated carbocycles. The summed E-state index contributed by atoms with van der Waals surface area (Å²) in [4.78, 5) is 3.60. The Balaban J connectivity index is 1.87. The van der Waals surface area contributed by atoms with Crippen molar-refractivity contribution in [1.29, 1.82) is 0 Å². The molecular weight excluding hydrogens is 236 g/mol. The molecule has 0 saturated heterocycles. The van der Waals surface area contributed by atoms with E-state index >= 15 is 0 Å². The molecule has 1 aromatic heterocycles. The van der Waals surface area contributed by atoms with Crippen molar-refractivity contribution in [1.82, 2.24) is 10.3 Å². The Morgan fingerprint density at radius 3 is 3.11 bits per heavy atom. The molecule has 19 heavy (non-hydrogen) atoms. The van der Waals surface area contributed by atoms with Crippen LogP contribution in [0.5, 0.6) is 0 Å². The number of aryl methyl sites for hydroxylation is 1. The number of benzene rings is 1. The molecule has 2 N–H and O–H groups in total. The van der Waals surface area contributed by atoms with E-state index in [0.717, 1.165) is 6.54 Å². The molecule has 0 radical (unpaired) electrons. The van der Waals surface area contributed by atoms with Crippen molar-refractivity contribution in [2.45, 2.75) is 38.3 Å². The number of hydrogen-bond donors (Lipinski definition) is 2. The third kappa shape index (κ3) is 2.40. The van der Waals surface area contributed by atoms with Gasteiger partial charge in [0.15, 0.2) is 0 Å². The van der Waals surface area contributed by atoms with E-state index < -0.39 is 0 Å². The fourth-order valence-electron chi connectivity index (χ4n) is 3.01. The van der Waals surface area contributed by atoms with E-state index in [-0.39, 0.29) is 6.10 Å². The van der Waals surface area contributed by atoms with Gasteiger partial charge in [0, 0.05) is 36.3 Å². The number of aromatic nitrogens is 1. The third-order valence-corrected chi connectivity index (χ3v) is 4.17. The highest BCUT2D eigenvalue weighted by atomic mass is 16.5. The van der Waals surface area contributed by atoms with Crippen molar-refractivity contribution < 1.29 is 4.74 Å². The number of fused-ring (bicyclic) bond motifs is 3. The number of aromatic amines is 1. The Morgan fingerprint density at radius 2 is 2.26 bits per heavy atom. The number of hydrogen-bond acceptors (Lipinski definition) is 2. The van der Waals surface area contributed by atoms with Crippen molar-refractivity contribution >= 4 is 10.9 Å². The molecule has 1 aliphatic rings. The monoisotopic (exact) mass is 258 g/mol. The molecule has 2 unspecified atom stereocenters. The zero-order chi connectivity index (χ0) is 13.2. The first-order valence-corrected chi connectivity index (χ1v) is 7.15. The van der Waals surface area contributed by atoms with E-state index in [9.17, 15) is 0 Å². The lowest BCUT2D eigenvalue weighted by Crippen LogP contribution is -2.31. The van der Waals surface area contributed by atoms with Gasteiger partial charge in [-0.15, -0.1) is 0 Å². The van der Waals surface area contributed by atoms with Crippen LogP contribution in [0.15, 0.2) is 24.3 Å². The van der Waals surface area contributed by atoms with E-state index in [1.807, 2.05) is 0 Å². The Kier molecular flexibility index (Phi) is 3.58. The first kappa shape index (κ1) is 12.7. The van der Waals surface area contributed by atoms with Crippen molar-refractivity contribution in [2.75, 3.05) is 13.7 Å². The molecule has 0 amide bonds. The van der Waals surface area contributed by atoms with Gasteiger partial charge in [-0.05, 0) is 37.8 Å². The molecule has 3 rings (SSSR count). The lowest BCUT2D eigenvalue weighted by atomic mass is 9.91. The Hall–Kier alpha value is -1.32. The fraction of sp³-hybridized carbons (Fsp3) is 0.500. The molecule has 3 heteroatoms. The standard InChI is InChI=1S/C16H22N2O/c1-11(19-2)10-17-15-9-5-7-13-12-6-3-4-8-14(12)18-16(13)15/h3-4,6,8,11,15,17-18H,5,7,9-10H2,1-2H3. The summed E-state index contributed by atoms with van der Waals surface area (Å²) in [6.07, 6.45) is 3.91. The molecule has 2 atom stereocenters. The second-order valence-electron chi connectivity index (χ2n) is 5.46. The van der Waals surface area contributed by atoms with Crippen molar-refractivity contribution in [3.8, 4) is 0 Å². The van der Waals surface area contributed by atoms with Gasteiger partial charge in [-0.25, -0.2) is 0 Å². The molecule has 2 aromatic rings. The summed E-state index contributed by atoms with van der Waals surface area (Å²) in [6, 6.07) is 9.06. The van der Waals surface area contributed by atoms with Crippen LogP contribution in [0.2, 0.25) is 0 Å². The molecule has 0 fully saturated rings. The van der Waals surface area contributed by atoms with Gasteiger partial charge in [-0.1, -0.05) is 18.2 Å². The highest BCUT2D eigenvalue weighted by Crippen LogP contribution is 2.34. The zero-order valence-electron chi connectivity index (χ0n) is 11.7. The minimum atomic E-state index is 0.259. The molecule has 102 valence electrons. The third-order valence-electron chi connectivity index (χ3n) is 4.17. The number of H-pyrrole nitrogens is 1. The average Bonchev–Trinajstić information content (AvgIpc) is 2.84. The number of nitrogens with one attached hydrogen (secondary N) is 2. The maximum absolute atomic E-state index is 5.32. The Morgan fingerprint density at radius 1 is 1.42 bits per heavy atom. The molecule has 1 heterocycles. The molecule has 0 aliphatic heterocycles. The van der Waals surface area contributed by atoms with E-state index in [0.29, 0.717) is 6.04 Å². The highest BCUT2D eigenvalue weighted by molar-refractivity contribution is 5.85. The van der Waals surface area contributed by atoms with Crippen molar-refractivity contribution in [3.63, 3.8) is 0 Å². The zero-order valence-corrected chi connectivity index (χ0v) is 11.7. The SMILES string of the molecule is COC(C)CNC1CCCc2c1[nH]c1ccccc21. The quantitative estimate of drug-likeness (QED) is 0.884. The first-order valence-electron chi connectivity index (χ1n) is 7.15. The van der Waals surface area contributed by atoms with E-state index in [1.54, 1.807) is 7.11 Å². The molecule has 0 spiro atoms. The number of methoxy groups -OCH3 is 1. The largest absolute Gasteiger partial charge is 0.380 e. The number of ether oxygens (including phenoxy) is 1. The Bertz CT molecular complexity index is 561. The van der Waals surface area contributed by atoms with E-state index in [2.05, 4.69) is 41.5 Å². The smallest absolute Gasteiger partial charge is 0.0667 e. The van der Waals surface area contributed by atoms with E-state index in [1.165, 1.54) is 41.4 Å². The summed E-state index contributed by atoms with van der Waals surface area (Å²) in [5.41, 5.74) is 4.15. The lowest BCUT2D eigenvalue weighted by molar-refractivity contribution is 0.113.